The molecular weight excluding hydrogens is 398 g/mol. The van der Waals surface area contributed by atoms with E-state index in [0.717, 1.165) is 5.56 Å². The highest BCUT2D eigenvalue weighted by Crippen LogP contribution is 2.32. The maximum atomic E-state index is 12.8. The molecule has 2 aromatic carbocycles. The Labute approximate surface area is 180 Å². The largest absolute Gasteiger partial charge is 0.454 e. The lowest BCUT2D eigenvalue weighted by Crippen LogP contribution is -2.40. The van der Waals surface area contributed by atoms with Crippen molar-refractivity contribution in [1.29, 1.82) is 0 Å². The van der Waals surface area contributed by atoms with Crippen molar-refractivity contribution >= 4 is 23.4 Å². The maximum absolute atomic E-state index is 12.8. The van der Waals surface area contributed by atoms with Crippen LogP contribution in [0.5, 0.6) is 11.5 Å². The van der Waals surface area contributed by atoms with Gasteiger partial charge in [-0.3, -0.25) is 14.4 Å². The van der Waals surface area contributed by atoms with E-state index in [-0.39, 0.29) is 30.4 Å². The highest BCUT2D eigenvalue weighted by Gasteiger charge is 2.26. The fraction of sp³-hybridized carbons (Fsp3) is 0.348. The fourth-order valence-corrected chi connectivity index (χ4v) is 3.81. The van der Waals surface area contributed by atoms with E-state index in [1.165, 1.54) is 0 Å². The van der Waals surface area contributed by atoms with E-state index in [0.29, 0.717) is 55.2 Å². The molecule has 2 N–H and O–H groups in total. The number of likely N-dealkylation sites (tertiary alicyclic amines) is 1. The van der Waals surface area contributed by atoms with Crippen LogP contribution in [0.4, 0.5) is 5.69 Å². The summed E-state index contributed by atoms with van der Waals surface area (Å²) < 4.78 is 10.7. The van der Waals surface area contributed by atoms with Crippen molar-refractivity contribution in [1.82, 2.24) is 10.2 Å². The van der Waals surface area contributed by atoms with E-state index in [4.69, 9.17) is 9.47 Å². The Balaban J connectivity index is 1.37. The number of hydrogen-bond donors (Lipinski definition) is 2. The minimum atomic E-state index is -0.278. The van der Waals surface area contributed by atoms with E-state index in [1.54, 1.807) is 36.1 Å². The number of amides is 3. The number of fused-ring (bicyclic) bond motifs is 1. The molecular formula is C23H25N3O5. The molecule has 8 heteroatoms. The Morgan fingerprint density at radius 2 is 1.77 bits per heavy atom. The van der Waals surface area contributed by atoms with Gasteiger partial charge in [0.15, 0.2) is 11.5 Å². The second kappa shape index (κ2) is 9.07. The molecule has 0 bridgehead atoms. The first-order valence-electron chi connectivity index (χ1n) is 10.3. The van der Waals surface area contributed by atoms with Gasteiger partial charge in [-0.05, 0) is 42.7 Å². The van der Waals surface area contributed by atoms with Crippen molar-refractivity contribution in [2.75, 3.05) is 25.2 Å². The summed E-state index contributed by atoms with van der Waals surface area (Å²) in [4.78, 5) is 38.7. The molecule has 1 saturated heterocycles. The van der Waals surface area contributed by atoms with E-state index in [9.17, 15) is 14.4 Å². The smallest absolute Gasteiger partial charge is 0.253 e. The minimum absolute atomic E-state index is 0.0309. The summed E-state index contributed by atoms with van der Waals surface area (Å²) in [6.07, 6.45) is 1.23. The number of ether oxygens (including phenoxy) is 2. The van der Waals surface area contributed by atoms with Gasteiger partial charge in [-0.15, -0.1) is 0 Å². The molecule has 0 saturated carbocycles. The maximum Gasteiger partial charge on any atom is 0.253 e. The third kappa shape index (κ3) is 4.79. The van der Waals surface area contributed by atoms with Gasteiger partial charge in [-0.2, -0.15) is 0 Å². The molecule has 2 aliphatic heterocycles. The first kappa shape index (κ1) is 20.7. The number of nitrogens with zero attached hydrogens (tertiary/aromatic N) is 1. The predicted octanol–water partition coefficient (Wildman–Crippen LogP) is 2.54. The average Bonchev–Trinajstić information content (AvgIpc) is 3.26. The summed E-state index contributed by atoms with van der Waals surface area (Å²) in [5, 5.41) is 5.78. The van der Waals surface area contributed by atoms with E-state index in [1.807, 2.05) is 18.2 Å². The normalized spacial score (nSPS) is 15.5. The molecule has 8 nitrogen and oxygen atoms in total. The number of carbonyl (C=O) groups is 3. The first-order valence-corrected chi connectivity index (χ1v) is 10.3. The Bertz CT molecular complexity index is 998. The molecule has 162 valence electrons. The zero-order chi connectivity index (χ0) is 21.8. The second-order valence-corrected chi connectivity index (χ2v) is 7.69. The number of carbonyl (C=O) groups excluding carboxylic acids is 3. The summed E-state index contributed by atoms with van der Waals surface area (Å²) in [5.41, 5.74) is 1.76. The number of benzene rings is 2. The van der Waals surface area contributed by atoms with Gasteiger partial charge in [0.05, 0.1) is 11.3 Å². The van der Waals surface area contributed by atoms with E-state index >= 15 is 0 Å². The molecule has 0 spiro atoms. The van der Waals surface area contributed by atoms with Crippen molar-refractivity contribution < 1.29 is 23.9 Å². The van der Waals surface area contributed by atoms with Crippen LogP contribution in [0.15, 0.2) is 42.5 Å². The number of anilines is 1. The highest BCUT2D eigenvalue weighted by molar-refractivity contribution is 6.04. The number of piperidine rings is 1. The van der Waals surface area contributed by atoms with Crippen LogP contribution < -0.4 is 20.1 Å². The molecule has 3 amide bonds. The molecule has 2 aromatic rings. The van der Waals surface area contributed by atoms with Gasteiger partial charge in [-0.1, -0.05) is 18.2 Å². The second-order valence-electron chi connectivity index (χ2n) is 7.69. The summed E-state index contributed by atoms with van der Waals surface area (Å²) in [7, 11) is 0. The molecule has 0 atom stereocenters. The summed E-state index contributed by atoms with van der Waals surface area (Å²) >= 11 is 0. The zero-order valence-electron chi connectivity index (χ0n) is 17.3. The minimum Gasteiger partial charge on any atom is -0.454 e. The van der Waals surface area contributed by atoms with Crippen LogP contribution in [0.2, 0.25) is 0 Å². The van der Waals surface area contributed by atoms with Crippen LogP contribution in [0.1, 0.15) is 35.7 Å². The van der Waals surface area contributed by atoms with Gasteiger partial charge in [0.2, 0.25) is 18.6 Å². The fourth-order valence-electron chi connectivity index (χ4n) is 3.81. The first-order chi connectivity index (χ1) is 15.0. The lowest BCUT2D eigenvalue weighted by atomic mass is 9.95. The standard InChI is InChI=1S/C23H25N3O5/c1-15(27)26-10-8-17(9-11-26)22(28)25-19-5-3-2-4-18(19)23(29)24-13-16-6-7-20-21(12-16)31-14-30-20/h2-7,12,17H,8-11,13-14H2,1H3,(H,24,29)(H,25,28). The molecule has 4 rings (SSSR count). The van der Waals surface area contributed by atoms with Crippen LogP contribution in [0, 0.1) is 5.92 Å². The highest BCUT2D eigenvalue weighted by atomic mass is 16.7. The van der Waals surface area contributed by atoms with Gasteiger partial charge in [0, 0.05) is 32.5 Å². The van der Waals surface area contributed by atoms with Crippen LogP contribution in [-0.2, 0) is 16.1 Å². The van der Waals surface area contributed by atoms with Gasteiger partial charge in [0.1, 0.15) is 0 Å². The van der Waals surface area contributed by atoms with Gasteiger partial charge < -0.3 is 25.0 Å². The van der Waals surface area contributed by atoms with E-state index < -0.39 is 0 Å². The third-order valence-corrected chi connectivity index (χ3v) is 5.63. The monoisotopic (exact) mass is 423 g/mol. The predicted molar refractivity (Wildman–Crippen MR) is 114 cm³/mol. The third-order valence-electron chi connectivity index (χ3n) is 5.63. The zero-order valence-corrected chi connectivity index (χ0v) is 17.3. The van der Waals surface area contributed by atoms with Gasteiger partial charge in [0.25, 0.3) is 5.91 Å². The Morgan fingerprint density at radius 1 is 1.03 bits per heavy atom. The quantitative estimate of drug-likeness (QED) is 0.770. The SMILES string of the molecule is CC(=O)N1CCC(C(=O)Nc2ccccc2C(=O)NCc2ccc3c(c2)OCO3)CC1. The van der Waals surface area contributed by atoms with Gasteiger partial charge >= 0.3 is 0 Å². The van der Waals surface area contributed by atoms with Crippen LogP contribution in [0.3, 0.4) is 0 Å². The summed E-state index contributed by atoms with van der Waals surface area (Å²) in [5.74, 6) is 0.801. The number of hydrogen-bond acceptors (Lipinski definition) is 5. The van der Waals surface area contributed by atoms with Crippen molar-refractivity contribution in [3.63, 3.8) is 0 Å². The molecule has 1 fully saturated rings. The van der Waals surface area contributed by atoms with Crippen LogP contribution in [0.25, 0.3) is 0 Å². The lowest BCUT2D eigenvalue weighted by molar-refractivity contribution is -0.132. The Morgan fingerprint density at radius 3 is 2.55 bits per heavy atom. The summed E-state index contributed by atoms with van der Waals surface area (Å²) in [6.45, 7) is 3.21. The Hall–Kier alpha value is -3.55. The van der Waals surface area contributed by atoms with Crippen molar-refractivity contribution in [2.24, 2.45) is 5.92 Å². The Kier molecular flexibility index (Phi) is 6.06. The van der Waals surface area contributed by atoms with Crippen LogP contribution >= 0.6 is 0 Å². The van der Waals surface area contributed by atoms with Crippen molar-refractivity contribution in [3.05, 3.63) is 53.6 Å². The topological polar surface area (TPSA) is 97.0 Å². The number of rotatable bonds is 5. The molecule has 0 aromatic heterocycles. The average molecular weight is 423 g/mol. The number of nitrogens with one attached hydrogen (secondary N) is 2. The van der Waals surface area contributed by atoms with E-state index in [2.05, 4.69) is 10.6 Å². The summed E-state index contributed by atoms with van der Waals surface area (Å²) in [6, 6.07) is 12.5. The molecule has 0 aliphatic carbocycles. The lowest BCUT2D eigenvalue weighted by Gasteiger charge is -2.30. The molecule has 0 radical (unpaired) electrons. The van der Waals surface area contributed by atoms with Crippen LogP contribution in [-0.4, -0.2) is 42.5 Å². The number of para-hydroxylation sites is 1. The molecule has 2 heterocycles. The van der Waals surface area contributed by atoms with Crippen molar-refractivity contribution in [2.45, 2.75) is 26.3 Å². The molecule has 2 aliphatic rings. The van der Waals surface area contributed by atoms with Crippen molar-refractivity contribution in [3.8, 4) is 11.5 Å². The molecule has 31 heavy (non-hydrogen) atoms. The molecule has 0 unspecified atom stereocenters. The van der Waals surface area contributed by atoms with Gasteiger partial charge in [-0.25, -0.2) is 0 Å².